The van der Waals surface area contributed by atoms with Crippen molar-refractivity contribution in [1.82, 2.24) is 10.2 Å². The van der Waals surface area contributed by atoms with Crippen LogP contribution in [-0.4, -0.2) is 50.6 Å². The first-order valence-corrected chi connectivity index (χ1v) is 14.0. The second kappa shape index (κ2) is 10.2. The van der Waals surface area contributed by atoms with Crippen LogP contribution >= 0.6 is 0 Å². The van der Waals surface area contributed by atoms with Crippen molar-refractivity contribution in [2.75, 3.05) is 13.4 Å². The lowest BCUT2D eigenvalue weighted by atomic mass is 9.99. The summed E-state index contributed by atoms with van der Waals surface area (Å²) in [6.45, 7) is 1.76. The summed E-state index contributed by atoms with van der Waals surface area (Å²) in [5.74, 6) is -2.21. The fourth-order valence-electron chi connectivity index (χ4n) is 4.89. The molecule has 2 fully saturated rings. The zero-order valence-electron chi connectivity index (χ0n) is 21.0. The number of hydrogen-bond acceptors (Lipinski definition) is 5. The third-order valence-electron chi connectivity index (χ3n) is 7.09. The number of ether oxygens (including phenoxy) is 1. The number of rotatable bonds is 7. The van der Waals surface area contributed by atoms with Crippen molar-refractivity contribution in [3.8, 4) is 5.75 Å². The van der Waals surface area contributed by atoms with Gasteiger partial charge in [0.15, 0.2) is 9.84 Å². The summed E-state index contributed by atoms with van der Waals surface area (Å²) in [6.07, 6.45) is -1.56. The highest BCUT2D eigenvalue weighted by Gasteiger charge is 2.43. The maximum absolute atomic E-state index is 14.8. The molecule has 0 spiro atoms. The number of alkyl halides is 3. The van der Waals surface area contributed by atoms with Gasteiger partial charge in [0.1, 0.15) is 17.6 Å². The molecule has 7 nitrogen and oxygen atoms in total. The van der Waals surface area contributed by atoms with Crippen molar-refractivity contribution < 1.29 is 40.3 Å². The molecule has 4 rings (SSSR count). The molecular weight excluding hydrogens is 528 g/mol. The van der Waals surface area contributed by atoms with E-state index in [-0.39, 0.29) is 33.7 Å². The second-order valence-electron chi connectivity index (χ2n) is 9.85. The Bertz CT molecular complexity index is 1360. The standard InChI is InChI=1S/C26H28F4N2O5S/c1-14-4-10-21(32(14)25(34)19-13-17(38(3,35)36)8-11-22(19)37-2)24(33)31-23(15-5-6-15)18-9-7-16(12-20(18)27)26(28,29)30/h7-9,11-15,21,23H,4-6,10H2,1-3H3,(H,31,33)/t14-,21-,23-/m1/s1. The van der Waals surface area contributed by atoms with Crippen LogP contribution in [0.3, 0.4) is 0 Å². The number of benzene rings is 2. The zero-order chi connectivity index (χ0) is 28.0. The van der Waals surface area contributed by atoms with Crippen LogP contribution in [0.25, 0.3) is 0 Å². The van der Waals surface area contributed by atoms with Crippen LogP contribution in [0.2, 0.25) is 0 Å². The summed E-state index contributed by atoms with van der Waals surface area (Å²) in [5, 5.41) is 2.78. The lowest BCUT2D eigenvalue weighted by Gasteiger charge is -2.30. The van der Waals surface area contributed by atoms with E-state index in [0.717, 1.165) is 18.4 Å². The van der Waals surface area contributed by atoms with Gasteiger partial charge in [-0.05, 0) is 68.9 Å². The Morgan fingerprint density at radius 3 is 2.32 bits per heavy atom. The molecule has 3 atom stereocenters. The normalized spacial score (nSPS) is 20.8. The van der Waals surface area contributed by atoms with Gasteiger partial charge in [-0.25, -0.2) is 12.8 Å². The summed E-state index contributed by atoms with van der Waals surface area (Å²) >= 11 is 0. The van der Waals surface area contributed by atoms with Crippen molar-refractivity contribution in [1.29, 1.82) is 0 Å². The van der Waals surface area contributed by atoms with E-state index in [1.165, 1.54) is 30.2 Å². The SMILES string of the molecule is COc1ccc(S(C)(=O)=O)cc1C(=O)N1[C@H](C)CC[C@@H]1C(=O)N[C@@H](c1ccc(C(F)(F)F)cc1F)C1CC1. The minimum absolute atomic E-state index is 0.0190. The molecule has 12 heteroatoms. The monoisotopic (exact) mass is 556 g/mol. The van der Waals surface area contributed by atoms with Crippen LogP contribution < -0.4 is 10.1 Å². The van der Waals surface area contributed by atoms with Gasteiger partial charge in [0.2, 0.25) is 5.91 Å². The quantitative estimate of drug-likeness (QED) is 0.507. The first kappa shape index (κ1) is 27.9. The van der Waals surface area contributed by atoms with Crippen LogP contribution in [0.4, 0.5) is 17.6 Å². The third-order valence-corrected chi connectivity index (χ3v) is 8.20. The van der Waals surface area contributed by atoms with Gasteiger partial charge >= 0.3 is 6.18 Å². The Labute approximate surface area is 218 Å². The van der Waals surface area contributed by atoms with Gasteiger partial charge in [-0.3, -0.25) is 9.59 Å². The number of hydrogen-bond donors (Lipinski definition) is 1. The highest BCUT2D eigenvalue weighted by Crippen LogP contribution is 2.43. The predicted molar refractivity (Wildman–Crippen MR) is 130 cm³/mol. The number of nitrogens with one attached hydrogen (secondary N) is 1. The molecule has 206 valence electrons. The van der Waals surface area contributed by atoms with Crippen molar-refractivity contribution in [2.45, 2.75) is 61.8 Å². The largest absolute Gasteiger partial charge is 0.496 e. The molecular formula is C26H28F4N2O5S. The number of likely N-dealkylation sites (tertiary alicyclic amines) is 1. The summed E-state index contributed by atoms with van der Waals surface area (Å²) in [4.78, 5) is 28.3. The van der Waals surface area contributed by atoms with Gasteiger partial charge < -0.3 is 15.0 Å². The molecule has 1 saturated heterocycles. The van der Waals surface area contributed by atoms with E-state index in [1.807, 2.05) is 0 Å². The Kier molecular flexibility index (Phi) is 7.48. The fourth-order valence-corrected chi connectivity index (χ4v) is 5.54. The van der Waals surface area contributed by atoms with Gasteiger partial charge in [-0.2, -0.15) is 13.2 Å². The molecule has 2 amide bonds. The molecule has 1 N–H and O–H groups in total. The molecule has 0 radical (unpaired) electrons. The average molecular weight is 557 g/mol. The average Bonchev–Trinajstić information content (AvgIpc) is 3.61. The van der Waals surface area contributed by atoms with Gasteiger partial charge in [0, 0.05) is 17.9 Å². The maximum atomic E-state index is 14.8. The number of sulfone groups is 1. The molecule has 1 heterocycles. The van der Waals surface area contributed by atoms with Crippen molar-refractivity contribution in [3.05, 3.63) is 58.9 Å². The van der Waals surface area contributed by atoms with Gasteiger partial charge in [0.05, 0.1) is 29.2 Å². The molecule has 0 aromatic heterocycles. The van der Waals surface area contributed by atoms with Crippen LogP contribution in [0.15, 0.2) is 41.3 Å². The number of amides is 2. The molecule has 0 bridgehead atoms. The van der Waals surface area contributed by atoms with Crippen LogP contribution in [0, 0.1) is 11.7 Å². The molecule has 1 saturated carbocycles. The molecule has 2 aliphatic rings. The Morgan fingerprint density at radius 2 is 1.76 bits per heavy atom. The minimum atomic E-state index is -4.70. The molecule has 1 aliphatic carbocycles. The lowest BCUT2D eigenvalue weighted by molar-refractivity contribution is -0.137. The van der Waals surface area contributed by atoms with Crippen molar-refractivity contribution >= 4 is 21.7 Å². The smallest absolute Gasteiger partial charge is 0.416 e. The predicted octanol–water partition coefficient (Wildman–Crippen LogP) is 4.52. The number of carbonyl (C=O) groups excluding carboxylic acids is 2. The second-order valence-corrected chi connectivity index (χ2v) is 11.9. The Balaban J connectivity index is 1.62. The molecule has 1 aliphatic heterocycles. The van der Waals surface area contributed by atoms with Gasteiger partial charge in [0.25, 0.3) is 5.91 Å². The summed E-state index contributed by atoms with van der Waals surface area (Å²) in [6, 6.07) is 4.00. The van der Waals surface area contributed by atoms with Crippen LogP contribution in [-0.2, 0) is 20.8 Å². The third kappa shape index (κ3) is 5.64. The van der Waals surface area contributed by atoms with E-state index in [4.69, 9.17) is 4.74 Å². The van der Waals surface area contributed by atoms with Crippen LogP contribution in [0.5, 0.6) is 5.75 Å². The Morgan fingerprint density at radius 1 is 1.08 bits per heavy atom. The summed E-state index contributed by atoms with van der Waals surface area (Å²) in [5.41, 5.74) is -1.18. The summed E-state index contributed by atoms with van der Waals surface area (Å²) < 4.78 is 83.2. The highest BCUT2D eigenvalue weighted by molar-refractivity contribution is 7.90. The van der Waals surface area contributed by atoms with Gasteiger partial charge in [-0.1, -0.05) is 6.07 Å². The van der Waals surface area contributed by atoms with Crippen molar-refractivity contribution in [2.24, 2.45) is 5.92 Å². The van der Waals surface area contributed by atoms with E-state index in [1.54, 1.807) is 6.92 Å². The highest BCUT2D eigenvalue weighted by atomic mass is 32.2. The number of halogens is 4. The van der Waals surface area contributed by atoms with E-state index in [2.05, 4.69) is 5.32 Å². The zero-order valence-corrected chi connectivity index (χ0v) is 21.8. The van der Waals surface area contributed by atoms with Gasteiger partial charge in [-0.15, -0.1) is 0 Å². The van der Waals surface area contributed by atoms with Crippen LogP contribution in [0.1, 0.15) is 60.1 Å². The number of nitrogens with zero attached hydrogens (tertiary/aromatic N) is 1. The number of carbonyl (C=O) groups is 2. The maximum Gasteiger partial charge on any atom is 0.416 e. The van der Waals surface area contributed by atoms with E-state index in [0.29, 0.717) is 31.7 Å². The molecule has 2 aromatic rings. The first-order chi connectivity index (χ1) is 17.7. The fraction of sp³-hybridized carbons (Fsp3) is 0.462. The van der Waals surface area contributed by atoms with E-state index >= 15 is 0 Å². The molecule has 0 unspecified atom stereocenters. The van der Waals surface area contributed by atoms with E-state index < -0.39 is 51.3 Å². The lowest BCUT2D eigenvalue weighted by Crippen LogP contribution is -2.49. The number of methoxy groups -OCH3 is 1. The summed E-state index contributed by atoms with van der Waals surface area (Å²) in [7, 11) is -2.29. The minimum Gasteiger partial charge on any atom is -0.496 e. The molecule has 2 aromatic carbocycles. The molecule has 38 heavy (non-hydrogen) atoms. The Hall–Kier alpha value is -3.15. The van der Waals surface area contributed by atoms with E-state index in [9.17, 15) is 35.6 Å². The first-order valence-electron chi connectivity index (χ1n) is 12.1. The topological polar surface area (TPSA) is 92.8 Å². The van der Waals surface area contributed by atoms with Crippen molar-refractivity contribution in [3.63, 3.8) is 0 Å².